The first-order valence-corrected chi connectivity index (χ1v) is 5.47. The van der Waals surface area contributed by atoms with Gasteiger partial charge >= 0.3 is 5.97 Å². The standard InChI is InChI=1S/C11H12ClNO2/c12-10-7-3-6-9(13-10)11(14)15-8-4-1-2-5-8/h3,6-8H,1-2,4-5H2. The van der Waals surface area contributed by atoms with Crippen molar-refractivity contribution in [2.45, 2.75) is 31.8 Å². The van der Waals surface area contributed by atoms with Crippen LogP contribution in [-0.4, -0.2) is 17.1 Å². The first-order chi connectivity index (χ1) is 7.25. The number of carbonyl (C=O) groups excluding carboxylic acids is 1. The number of ether oxygens (including phenoxy) is 1. The van der Waals surface area contributed by atoms with Crippen LogP contribution in [0.4, 0.5) is 0 Å². The molecular weight excluding hydrogens is 214 g/mol. The van der Waals surface area contributed by atoms with E-state index in [1.807, 2.05) is 0 Å². The number of rotatable bonds is 2. The van der Waals surface area contributed by atoms with Gasteiger partial charge in [0.25, 0.3) is 0 Å². The largest absolute Gasteiger partial charge is 0.458 e. The van der Waals surface area contributed by atoms with Gasteiger partial charge in [-0.1, -0.05) is 17.7 Å². The van der Waals surface area contributed by atoms with E-state index < -0.39 is 0 Å². The van der Waals surface area contributed by atoms with E-state index in [1.165, 1.54) is 0 Å². The number of pyridine rings is 1. The summed E-state index contributed by atoms with van der Waals surface area (Å²) >= 11 is 5.69. The van der Waals surface area contributed by atoms with Crippen molar-refractivity contribution in [2.24, 2.45) is 0 Å². The molecule has 0 bridgehead atoms. The summed E-state index contributed by atoms with van der Waals surface area (Å²) in [5.74, 6) is -0.371. The summed E-state index contributed by atoms with van der Waals surface area (Å²) in [6.07, 6.45) is 4.28. The van der Waals surface area contributed by atoms with Crippen LogP contribution in [0.3, 0.4) is 0 Å². The third-order valence-electron chi connectivity index (χ3n) is 2.50. The summed E-state index contributed by atoms with van der Waals surface area (Å²) in [5.41, 5.74) is 0.286. The highest BCUT2D eigenvalue weighted by Crippen LogP contribution is 2.21. The second-order valence-corrected chi connectivity index (χ2v) is 4.04. The Morgan fingerprint density at radius 3 is 2.80 bits per heavy atom. The lowest BCUT2D eigenvalue weighted by molar-refractivity contribution is 0.0311. The topological polar surface area (TPSA) is 39.2 Å². The molecule has 0 aliphatic heterocycles. The Kier molecular flexibility index (Phi) is 3.21. The van der Waals surface area contributed by atoms with Crippen molar-refractivity contribution in [3.8, 4) is 0 Å². The molecule has 1 saturated carbocycles. The molecule has 1 aliphatic carbocycles. The first-order valence-electron chi connectivity index (χ1n) is 5.09. The fraction of sp³-hybridized carbons (Fsp3) is 0.455. The highest BCUT2D eigenvalue weighted by Gasteiger charge is 2.20. The molecule has 80 valence electrons. The monoisotopic (exact) mass is 225 g/mol. The molecule has 0 N–H and O–H groups in total. The van der Waals surface area contributed by atoms with E-state index in [2.05, 4.69) is 4.98 Å². The molecule has 0 spiro atoms. The highest BCUT2D eigenvalue weighted by atomic mass is 35.5. The molecule has 15 heavy (non-hydrogen) atoms. The van der Waals surface area contributed by atoms with Gasteiger partial charge in [-0.3, -0.25) is 0 Å². The molecule has 1 aliphatic rings. The van der Waals surface area contributed by atoms with Crippen LogP contribution in [0, 0.1) is 0 Å². The quantitative estimate of drug-likeness (QED) is 0.574. The summed E-state index contributed by atoms with van der Waals surface area (Å²) < 4.78 is 5.29. The minimum atomic E-state index is -0.371. The second kappa shape index (κ2) is 4.62. The Balaban J connectivity index is 2.01. The van der Waals surface area contributed by atoms with E-state index in [4.69, 9.17) is 16.3 Å². The second-order valence-electron chi connectivity index (χ2n) is 3.66. The van der Waals surface area contributed by atoms with Crippen LogP contribution in [0.15, 0.2) is 18.2 Å². The molecular formula is C11H12ClNO2. The van der Waals surface area contributed by atoms with E-state index in [0.29, 0.717) is 5.15 Å². The first kappa shape index (κ1) is 10.4. The van der Waals surface area contributed by atoms with Gasteiger partial charge in [0.1, 0.15) is 17.0 Å². The van der Waals surface area contributed by atoms with Crippen LogP contribution in [-0.2, 0) is 4.74 Å². The van der Waals surface area contributed by atoms with Crippen molar-refractivity contribution in [3.05, 3.63) is 29.0 Å². The Morgan fingerprint density at radius 2 is 2.13 bits per heavy atom. The van der Waals surface area contributed by atoms with E-state index >= 15 is 0 Å². The van der Waals surface area contributed by atoms with Crippen LogP contribution in [0.25, 0.3) is 0 Å². The maximum Gasteiger partial charge on any atom is 0.357 e. The molecule has 0 aromatic carbocycles. The molecule has 0 unspecified atom stereocenters. The predicted molar refractivity (Wildman–Crippen MR) is 56.9 cm³/mol. The molecule has 2 rings (SSSR count). The molecule has 1 heterocycles. The Bertz CT molecular complexity index is 361. The lowest BCUT2D eigenvalue weighted by Gasteiger charge is -2.10. The van der Waals surface area contributed by atoms with E-state index in [1.54, 1.807) is 18.2 Å². The molecule has 0 atom stereocenters. The van der Waals surface area contributed by atoms with Crippen LogP contribution >= 0.6 is 11.6 Å². The molecule has 0 amide bonds. The Hall–Kier alpha value is -1.09. The average Bonchev–Trinajstić information content (AvgIpc) is 2.70. The molecule has 0 saturated heterocycles. The number of aromatic nitrogens is 1. The van der Waals surface area contributed by atoms with Crippen LogP contribution in [0.1, 0.15) is 36.2 Å². The third-order valence-corrected chi connectivity index (χ3v) is 2.71. The summed E-state index contributed by atoms with van der Waals surface area (Å²) in [6.45, 7) is 0. The molecule has 1 aromatic heterocycles. The number of hydrogen-bond acceptors (Lipinski definition) is 3. The van der Waals surface area contributed by atoms with Gasteiger partial charge in [0, 0.05) is 0 Å². The third kappa shape index (κ3) is 2.69. The fourth-order valence-corrected chi connectivity index (χ4v) is 1.90. The van der Waals surface area contributed by atoms with Gasteiger partial charge in [0.05, 0.1) is 0 Å². The number of hydrogen-bond donors (Lipinski definition) is 0. The zero-order valence-corrected chi connectivity index (χ0v) is 9.04. The van der Waals surface area contributed by atoms with Crippen molar-refractivity contribution >= 4 is 17.6 Å². The van der Waals surface area contributed by atoms with Gasteiger partial charge in [-0.25, -0.2) is 9.78 Å². The van der Waals surface area contributed by atoms with Crippen molar-refractivity contribution < 1.29 is 9.53 Å². The number of carbonyl (C=O) groups is 1. The van der Waals surface area contributed by atoms with Crippen LogP contribution < -0.4 is 0 Å². The van der Waals surface area contributed by atoms with Crippen molar-refractivity contribution in [2.75, 3.05) is 0 Å². The summed E-state index contributed by atoms with van der Waals surface area (Å²) in [5, 5.41) is 0.316. The van der Waals surface area contributed by atoms with Crippen molar-refractivity contribution in [3.63, 3.8) is 0 Å². The number of nitrogens with zero attached hydrogens (tertiary/aromatic N) is 1. The molecule has 0 radical (unpaired) electrons. The molecule has 1 fully saturated rings. The lowest BCUT2D eigenvalue weighted by atomic mass is 10.3. The SMILES string of the molecule is O=C(OC1CCCC1)c1cccc(Cl)n1. The van der Waals surface area contributed by atoms with Crippen molar-refractivity contribution in [1.29, 1.82) is 0 Å². The van der Waals surface area contributed by atoms with Crippen LogP contribution in [0.5, 0.6) is 0 Å². The smallest absolute Gasteiger partial charge is 0.357 e. The van der Waals surface area contributed by atoms with Gasteiger partial charge in [-0.2, -0.15) is 0 Å². The fourth-order valence-electron chi connectivity index (χ4n) is 1.74. The van der Waals surface area contributed by atoms with Crippen molar-refractivity contribution in [1.82, 2.24) is 4.98 Å². The van der Waals surface area contributed by atoms with Gasteiger partial charge in [-0.05, 0) is 37.8 Å². The van der Waals surface area contributed by atoms with Gasteiger partial charge in [-0.15, -0.1) is 0 Å². The zero-order chi connectivity index (χ0) is 10.7. The summed E-state index contributed by atoms with van der Waals surface area (Å²) in [4.78, 5) is 15.5. The predicted octanol–water partition coefficient (Wildman–Crippen LogP) is 2.83. The van der Waals surface area contributed by atoms with Gasteiger partial charge < -0.3 is 4.74 Å². The minimum Gasteiger partial charge on any atom is -0.458 e. The summed E-state index contributed by atoms with van der Waals surface area (Å²) in [7, 11) is 0. The van der Waals surface area contributed by atoms with Gasteiger partial charge in [0.2, 0.25) is 0 Å². The normalized spacial score (nSPS) is 16.6. The number of esters is 1. The Labute approximate surface area is 93.4 Å². The number of halogens is 1. The maximum atomic E-state index is 11.6. The van der Waals surface area contributed by atoms with E-state index in [-0.39, 0.29) is 17.8 Å². The molecule has 3 nitrogen and oxygen atoms in total. The average molecular weight is 226 g/mol. The van der Waals surface area contributed by atoms with E-state index in [9.17, 15) is 4.79 Å². The molecule has 1 aromatic rings. The van der Waals surface area contributed by atoms with Gasteiger partial charge in [0.15, 0.2) is 0 Å². The maximum absolute atomic E-state index is 11.6. The Morgan fingerprint density at radius 1 is 1.40 bits per heavy atom. The lowest BCUT2D eigenvalue weighted by Crippen LogP contribution is -2.15. The highest BCUT2D eigenvalue weighted by molar-refractivity contribution is 6.29. The van der Waals surface area contributed by atoms with E-state index in [0.717, 1.165) is 25.7 Å². The minimum absolute atomic E-state index is 0.0679. The molecule has 4 heteroatoms. The zero-order valence-electron chi connectivity index (χ0n) is 8.28. The van der Waals surface area contributed by atoms with Crippen LogP contribution in [0.2, 0.25) is 5.15 Å². The summed E-state index contributed by atoms with van der Waals surface area (Å²) in [6, 6.07) is 4.94.